The van der Waals surface area contributed by atoms with E-state index in [-0.39, 0.29) is 18.4 Å². The Morgan fingerprint density at radius 2 is 1.86 bits per heavy atom. The Kier molecular flexibility index (Phi) is 8.03. The summed E-state index contributed by atoms with van der Waals surface area (Å²) in [5, 5.41) is 6.85. The highest BCUT2D eigenvalue weighted by atomic mass is 35.5. The molecule has 3 aromatic carbocycles. The number of rotatable bonds is 6. The van der Waals surface area contributed by atoms with Crippen LogP contribution in [0, 0.1) is 6.92 Å². The van der Waals surface area contributed by atoms with E-state index < -0.39 is 0 Å². The fraction of sp³-hybridized carbons (Fsp3) is 0.0800. The summed E-state index contributed by atoms with van der Waals surface area (Å²) < 4.78 is 5.55. The zero-order valence-electron chi connectivity index (χ0n) is 18.3. The van der Waals surface area contributed by atoms with Crippen molar-refractivity contribution in [3.8, 4) is 5.75 Å². The summed E-state index contributed by atoms with van der Waals surface area (Å²) >= 11 is 19.7. The number of hydrogen-bond acceptors (Lipinski definition) is 5. The van der Waals surface area contributed by atoms with Crippen molar-refractivity contribution in [1.29, 1.82) is 0 Å². The fourth-order valence-corrected chi connectivity index (χ4v) is 4.44. The van der Waals surface area contributed by atoms with Gasteiger partial charge in [-0.1, -0.05) is 64.6 Å². The lowest BCUT2D eigenvalue weighted by molar-refractivity contribution is -0.118. The first-order valence-corrected chi connectivity index (χ1v) is 12.3. The summed E-state index contributed by atoms with van der Waals surface area (Å²) in [6.45, 7) is 1.77. The Hall–Kier alpha value is -2.97. The minimum absolute atomic E-state index is 0.196. The number of amides is 2. The van der Waals surface area contributed by atoms with Crippen molar-refractivity contribution >= 4 is 81.0 Å². The third kappa shape index (κ3) is 6.58. The number of anilines is 1. The quantitative estimate of drug-likeness (QED) is 0.331. The maximum Gasteiger partial charge on any atom is 0.264 e. The molecule has 4 rings (SSSR count). The number of carbonyl (C=O) groups excluding carboxylic acids is 2. The van der Waals surface area contributed by atoms with Gasteiger partial charge >= 0.3 is 0 Å². The standard InChI is InChI=1S/C25H18Cl3N3O3S/c1-14-5-8-16(9-6-14)29-22(32)13-34-20-10-7-15(11-18(20)27)12-21-24(33)31-25(35-21)30-19-4-2-3-17(26)23(19)28/h2-12H,13H2,1H3,(H,29,32)(H,30,31,33)/b21-12+. The van der Waals surface area contributed by atoms with Crippen molar-refractivity contribution in [2.45, 2.75) is 6.92 Å². The van der Waals surface area contributed by atoms with Gasteiger partial charge in [0.2, 0.25) is 0 Å². The number of aliphatic imine (C=N–C) groups is 1. The highest BCUT2D eigenvalue weighted by Crippen LogP contribution is 2.35. The van der Waals surface area contributed by atoms with E-state index in [9.17, 15) is 9.59 Å². The van der Waals surface area contributed by atoms with Crippen LogP contribution in [-0.2, 0) is 9.59 Å². The Labute approximate surface area is 221 Å². The largest absolute Gasteiger partial charge is 0.482 e. The van der Waals surface area contributed by atoms with E-state index in [0.29, 0.717) is 47.8 Å². The molecule has 0 spiro atoms. The molecule has 0 radical (unpaired) electrons. The first-order valence-electron chi connectivity index (χ1n) is 10.3. The second-order valence-electron chi connectivity index (χ2n) is 7.45. The molecule has 0 aromatic heterocycles. The summed E-state index contributed by atoms with van der Waals surface area (Å²) in [5.41, 5.74) is 2.93. The highest BCUT2D eigenvalue weighted by Gasteiger charge is 2.24. The van der Waals surface area contributed by atoms with Crippen molar-refractivity contribution in [3.63, 3.8) is 0 Å². The molecule has 0 saturated carbocycles. The molecule has 178 valence electrons. The van der Waals surface area contributed by atoms with Crippen LogP contribution in [0.5, 0.6) is 5.75 Å². The second kappa shape index (κ2) is 11.2. The number of carbonyl (C=O) groups is 2. The lowest BCUT2D eigenvalue weighted by Gasteiger charge is -2.09. The van der Waals surface area contributed by atoms with E-state index in [1.807, 2.05) is 31.2 Å². The molecule has 0 bridgehead atoms. The number of nitrogens with zero attached hydrogens (tertiary/aromatic N) is 1. The van der Waals surface area contributed by atoms with Crippen molar-refractivity contribution in [2.75, 3.05) is 11.9 Å². The first-order chi connectivity index (χ1) is 16.8. The van der Waals surface area contributed by atoms with Crippen molar-refractivity contribution in [3.05, 3.63) is 91.8 Å². The molecule has 1 heterocycles. The number of ether oxygens (including phenoxy) is 1. The van der Waals surface area contributed by atoms with Gasteiger partial charge in [0.1, 0.15) is 5.75 Å². The number of halogens is 3. The average molecular weight is 547 g/mol. The molecule has 0 aliphatic carbocycles. The smallest absolute Gasteiger partial charge is 0.264 e. The summed E-state index contributed by atoms with van der Waals surface area (Å²) in [6.07, 6.45) is 1.68. The maximum atomic E-state index is 12.4. The molecule has 1 aliphatic rings. The van der Waals surface area contributed by atoms with Gasteiger partial charge in [0, 0.05) is 5.69 Å². The topological polar surface area (TPSA) is 79.8 Å². The molecular weight excluding hydrogens is 529 g/mol. The monoisotopic (exact) mass is 545 g/mol. The van der Waals surface area contributed by atoms with Crippen LogP contribution in [0.25, 0.3) is 6.08 Å². The Balaban J connectivity index is 1.39. The molecule has 35 heavy (non-hydrogen) atoms. The van der Waals surface area contributed by atoms with Crippen LogP contribution < -0.4 is 15.4 Å². The van der Waals surface area contributed by atoms with Crippen LogP contribution in [0.1, 0.15) is 11.1 Å². The zero-order chi connectivity index (χ0) is 24.9. The summed E-state index contributed by atoms with van der Waals surface area (Å²) in [6, 6.07) is 17.6. The van der Waals surface area contributed by atoms with E-state index in [0.717, 1.165) is 5.56 Å². The number of benzene rings is 3. The average Bonchev–Trinajstić information content (AvgIpc) is 3.16. The Morgan fingerprint density at radius 1 is 1.09 bits per heavy atom. The minimum Gasteiger partial charge on any atom is -0.482 e. The van der Waals surface area contributed by atoms with Gasteiger partial charge in [-0.25, -0.2) is 4.99 Å². The van der Waals surface area contributed by atoms with Gasteiger partial charge in [-0.3, -0.25) is 9.59 Å². The van der Waals surface area contributed by atoms with Gasteiger partial charge in [-0.05, 0) is 66.7 Å². The van der Waals surface area contributed by atoms with Crippen molar-refractivity contribution in [1.82, 2.24) is 5.32 Å². The fourth-order valence-electron chi connectivity index (χ4n) is 3.02. The second-order valence-corrected chi connectivity index (χ2v) is 9.67. The molecule has 1 saturated heterocycles. The van der Waals surface area contributed by atoms with Crippen LogP contribution in [-0.4, -0.2) is 23.6 Å². The van der Waals surface area contributed by atoms with Gasteiger partial charge in [0.25, 0.3) is 11.8 Å². The number of aryl methyl sites for hydroxylation is 1. The predicted molar refractivity (Wildman–Crippen MR) is 144 cm³/mol. The van der Waals surface area contributed by atoms with E-state index >= 15 is 0 Å². The normalized spacial score (nSPS) is 15.4. The van der Waals surface area contributed by atoms with Gasteiger partial charge in [-0.2, -0.15) is 0 Å². The predicted octanol–water partition coefficient (Wildman–Crippen LogP) is 6.86. The van der Waals surface area contributed by atoms with Crippen molar-refractivity contribution in [2.24, 2.45) is 4.99 Å². The maximum absolute atomic E-state index is 12.4. The van der Waals surface area contributed by atoms with Crippen LogP contribution in [0.3, 0.4) is 0 Å². The number of hydrogen-bond donors (Lipinski definition) is 2. The number of nitrogens with one attached hydrogen (secondary N) is 2. The first kappa shape index (κ1) is 25.1. The molecular formula is C25H18Cl3N3O3S. The Morgan fingerprint density at radius 3 is 2.60 bits per heavy atom. The Bertz CT molecular complexity index is 1360. The van der Waals surface area contributed by atoms with Crippen molar-refractivity contribution < 1.29 is 14.3 Å². The zero-order valence-corrected chi connectivity index (χ0v) is 21.4. The lowest BCUT2D eigenvalue weighted by Crippen LogP contribution is -2.20. The molecule has 2 amide bonds. The van der Waals surface area contributed by atoms with Gasteiger partial charge in [0.15, 0.2) is 11.8 Å². The molecule has 1 fully saturated rings. The molecule has 0 unspecified atom stereocenters. The third-order valence-electron chi connectivity index (χ3n) is 4.75. The van der Waals surface area contributed by atoms with Gasteiger partial charge in [0.05, 0.1) is 25.7 Å². The van der Waals surface area contributed by atoms with Crippen LogP contribution in [0.15, 0.2) is 70.6 Å². The SMILES string of the molecule is Cc1ccc(NC(=O)COc2ccc(/C=C3/SC(=Nc4cccc(Cl)c4Cl)NC3=O)cc2Cl)cc1. The molecule has 10 heteroatoms. The van der Waals surface area contributed by atoms with E-state index in [4.69, 9.17) is 39.5 Å². The van der Waals surface area contributed by atoms with E-state index in [1.165, 1.54) is 11.8 Å². The van der Waals surface area contributed by atoms with Gasteiger partial charge in [-0.15, -0.1) is 0 Å². The van der Waals surface area contributed by atoms with E-state index in [2.05, 4.69) is 15.6 Å². The summed E-state index contributed by atoms with van der Waals surface area (Å²) in [7, 11) is 0. The molecule has 6 nitrogen and oxygen atoms in total. The molecule has 2 N–H and O–H groups in total. The van der Waals surface area contributed by atoms with Gasteiger partial charge < -0.3 is 15.4 Å². The number of amidine groups is 1. The van der Waals surface area contributed by atoms with Crippen LogP contribution >= 0.6 is 46.6 Å². The third-order valence-corrected chi connectivity index (χ3v) is 6.77. The molecule has 3 aromatic rings. The molecule has 0 atom stereocenters. The number of thioether (sulfide) groups is 1. The summed E-state index contributed by atoms with van der Waals surface area (Å²) in [4.78, 5) is 29.3. The lowest BCUT2D eigenvalue weighted by atomic mass is 10.2. The van der Waals surface area contributed by atoms with Crippen LogP contribution in [0.4, 0.5) is 11.4 Å². The minimum atomic E-state index is -0.304. The highest BCUT2D eigenvalue weighted by molar-refractivity contribution is 8.18. The molecule has 1 aliphatic heterocycles. The van der Waals surface area contributed by atoms with Crippen LogP contribution in [0.2, 0.25) is 15.1 Å². The summed E-state index contributed by atoms with van der Waals surface area (Å²) in [5.74, 6) is -0.243. The van der Waals surface area contributed by atoms with E-state index in [1.54, 1.807) is 42.5 Å².